The van der Waals surface area contributed by atoms with Gasteiger partial charge < -0.3 is 14.9 Å². The Morgan fingerprint density at radius 1 is 1.00 bits per heavy atom. The Bertz CT molecular complexity index is 522. The van der Waals surface area contributed by atoms with E-state index in [0.717, 1.165) is 30.6 Å². The number of aliphatic hydroxyl groups excluding tert-OH is 1. The molecule has 0 saturated heterocycles. The van der Waals surface area contributed by atoms with Gasteiger partial charge in [-0.05, 0) is 92.8 Å². The summed E-state index contributed by atoms with van der Waals surface area (Å²) in [7, 11) is 0. The van der Waals surface area contributed by atoms with E-state index in [1.807, 2.05) is 6.92 Å². The van der Waals surface area contributed by atoms with Crippen LogP contribution in [0.3, 0.4) is 0 Å². The summed E-state index contributed by atoms with van der Waals surface area (Å²) in [6, 6.07) is 0. The van der Waals surface area contributed by atoms with Gasteiger partial charge in [-0.3, -0.25) is 0 Å². The smallest absolute Gasteiger partial charge is 0.0932 e. The summed E-state index contributed by atoms with van der Waals surface area (Å²) >= 11 is 0. The quantitative estimate of drug-likeness (QED) is 0.777. The maximum atomic E-state index is 11.3. The van der Waals surface area contributed by atoms with Crippen molar-refractivity contribution in [1.82, 2.24) is 0 Å². The summed E-state index contributed by atoms with van der Waals surface area (Å²) in [5, 5.41) is 21.4. The van der Waals surface area contributed by atoms with Gasteiger partial charge in [-0.25, -0.2) is 0 Å². The van der Waals surface area contributed by atoms with Gasteiger partial charge in [0.25, 0.3) is 0 Å². The molecule has 0 aromatic heterocycles. The van der Waals surface area contributed by atoms with Crippen LogP contribution in [0.1, 0.15) is 78.6 Å². The molecule has 0 bridgehead atoms. The SMILES string of the molecule is CCOCC1(O)CC2CC[C@@H]3[C@@H](CC[C@]4(C)CCC[C@@H]34)[C@@]2(C)CC1CO. The zero-order valence-corrected chi connectivity index (χ0v) is 17.2. The average Bonchev–Trinajstić information content (AvgIpc) is 3.02. The molecule has 3 nitrogen and oxygen atoms in total. The lowest BCUT2D eigenvalue weighted by atomic mass is 9.43. The predicted molar refractivity (Wildman–Crippen MR) is 104 cm³/mol. The van der Waals surface area contributed by atoms with Gasteiger partial charge in [0, 0.05) is 19.1 Å². The fourth-order valence-electron chi connectivity index (χ4n) is 8.19. The normalized spacial score (nSPS) is 53.7. The maximum Gasteiger partial charge on any atom is 0.0932 e. The molecule has 4 aliphatic carbocycles. The lowest BCUT2D eigenvalue weighted by molar-refractivity contribution is -0.196. The molecule has 0 aromatic rings. The molecule has 2 N–H and O–H groups in total. The first-order valence-corrected chi connectivity index (χ1v) is 11.3. The summed E-state index contributed by atoms with van der Waals surface area (Å²) in [5.74, 6) is 3.16. The average molecular weight is 365 g/mol. The van der Waals surface area contributed by atoms with E-state index < -0.39 is 5.60 Å². The van der Waals surface area contributed by atoms with Gasteiger partial charge in [-0.1, -0.05) is 20.3 Å². The summed E-state index contributed by atoms with van der Waals surface area (Å²) < 4.78 is 5.64. The summed E-state index contributed by atoms with van der Waals surface area (Å²) in [5.41, 5.74) is 0.0576. The van der Waals surface area contributed by atoms with Crippen molar-refractivity contribution < 1.29 is 14.9 Å². The van der Waals surface area contributed by atoms with E-state index in [0.29, 0.717) is 30.0 Å². The zero-order valence-electron chi connectivity index (χ0n) is 17.2. The topological polar surface area (TPSA) is 49.7 Å². The Morgan fingerprint density at radius 3 is 2.54 bits per heavy atom. The second-order valence-corrected chi connectivity index (χ2v) is 10.8. The molecule has 26 heavy (non-hydrogen) atoms. The van der Waals surface area contributed by atoms with Gasteiger partial charge in [0.05, 0.1) is 12.2 Å². The molecule has 4 saturated carbocycles. The Labute approximate surface area is 159 Å². The molecule has 150 valence electrons. The Balaban J connectivity index is 1.58. The number of rotatable bonds is 4. The van der Waals surface area contributed by atoms with Gasteiger partial charge in [-0.2, -0.15) is 0 Å². The minimum absolute atomic E-state index is 0.0362. The fourth-order valence-corrected chi connectivity index (χ4v) is 8.19. The lowest BCUT2D eigenvalue weighted by Gasteiger charge is -2.63. The molecule has 4 fully saturated rings. The molecule has 3 heteroatoms. The van der Waals surface area contributed by atoms with Crippen LogP contribution in [0.4, 0.5) is 0 Å². The highest BCUT2D eigenvalue weighted by atomic mass is 16.5. The molecule has 0 radical (unpaired) electrons. The van der Waals surface area contributed by atoms with Crippen LogP contribution in [0, 0.1) is 40.4 Å². The van der Waals surface area contributed by atoms with Crippen molar-refractivity contribution in [2.75, 3.05) is 19.8 Å². The van der Waals surface area contributed by atoms with Gasteiger partial charge >= 0.3 is 0 Å². The number of aliphatic hydroxyl groups is 2. The zero-order chi connectivity index (χ0) is 18.6. The minimum atomic E-state index is -0.835. The first-order chi connectivity index (χ1) is 12.4. The third-order valence-corrected chi connectivity index (χ3v) is 9.67. The molecule has 0 aliphatic heterocycles. The third-order valence-electron chi connectivity index (χ3n) is 9.67. The standard InChI is InChI=1S/C23H40O3/c1-4-26-15-23(25)13-16-7-8-18-19-6-5-10-21(19,2)11-9-20(18)22(16,3)12-17(23)14-24/h16-20,24-25H,4-15H2,1-3H3/t16?,17?,18-,19-,20+,21-,22-,23?/m0/s1. The van der Waals surface area contributed by atoms with E-state index in [1.165, 1.54) is 44.9 Å². The molecular weight excluding hydrogens is 324 g/mol. The van der Waals surface area contributed by atoms with E-state index in [9.17, 15) is 10.2 Å². The van der Waals surface area contributed by atoms with E-state index in [2.05, 4.69) is 13.8 Å². The van der Waals surface area contributed by atoms with Crippen molar-refractivity contribution in [3.63, 3.8) is 0 Å². The highest BCUT2D eigenvalue weighted by Crippen LogP contribution is 2.67. The van der Waals surface area contributed by atoms with Crippen LogP contribution < -0.4 is 0 Å². The van der Waals surface area contributed by atoms with E-state index in [4.69, 9.17) is 4.74 Å². The molecule has 4 rings (SSSR count). The van der Waals surface area contributed by atoms with Crippen LogP contribution >= 0.6 is 0 Å². The number of hydrogen-bond donors (Lipinski definition) is 2. The van der Waals surface area contributed by atoms with Gasteiger partial charge in [-0.15, -0.1) is 0 Å². The van der Waals surface area contributed by atoms with Crippen molar-refractivity contribution >= 4 is 0 Å². The largest absolute Gasteiger partial charge is 0.396 e. The fraction of sp³-hybridized carbons (Fsp3) is 1.00. The molecule has 0 aromatic carbocycles. The van der Waals surface area contributed by atoms with Crippen molar-refractivity contribution in [2.45, 2.75) is 84.2 Å². The van der Waals surface area contributed by atoms with Crippen LogP contribution in [0.25, 0.3) is 0 Å². The number of hydrogen-bond acceptors (Lipinski definition) is 3. The monoisotopic (exact) mass is 364 g/mol. The Hall–Kier alpha value is -0.120. The molecule has 0 amide bonds. The minimum Gasteiger partial charge on any atom is -0.396 e. The molecule has 4 aliphatic rings. The maximum absolute atomic E-state index is 11.3. The first kappa shape index (κ1) is 19.2. The van der Waals surface area contributed by atoms with Gasteiger partial charge in [0.1, 0.15) is 0 Å². The van der Waals surface area contributed by atoms with Crippen molar-refractivity contribution in [3.05, 3.63) is 0 Å². The molecule has 3 unspecified atom stereocenters. The molecule has 0 heterocycles. The molecule has 8 atom stereocenters. The van der Waals surface area contributed by atoms with Crippen LogP contribution in [-0.2, 0) is 4.74 Å². The summed E-state index contributed by atoms with van der Waals surface area (Å²) in [6.07, 6.45) is 11.5. The summed E-state index contributed by atoms with van der Waals surface area (Å²) in [4.78, 5) is 0. The van der Waals surface area contributed by atoms with E-state index in [1.54, 1.807) is 0 Å². The highest BCUT2D eigenvalue weighted by Gasteiger charge is 2.61. The Kier molecular flexibility index (Phi) is 4.98. The van der Waals surface area contributed by atoms with Gasteiger partial charge in [0.2, 0.25) is 0 Å². The first-order valence-electron chi connectivity index (χ1n) is 11.3. The Morgan fingerprint density at radius 2 is 1.81 bits per heavy atom. The highest BCUT2D eigenvalue weighted by molar-refractivity contribution is 5.10. The van der Waals surface area contributed by atoms with E-state index >= 15 is 0 Å². The third kappa shape index (κ3) is 2.79. The number of ether oxygens (including phenoxy) is 1. The lowest BCUT2D eigenvalue weighted by Crippen LogP contribution is -2.60. The second kappa shape index (κ2) is 6.74. The summed E-state index contributed by atoms with van der Waals surface area (Å²) in [6.45, 7) is 8.16. The van der Waals surface area contributed by atoms with Crippen LogP contribution in [0.5, 0.6) is 0 Å². The molecule has 0 spiro atoms. The van der Waals surface area contributed by atoms with Crippen LogP contribution in [0.2, 0.25) is 0 Å². The van der Waals surface area contributed by atoms with Crippen molar-refractivity contribution in [1.29, 1.82) is 0 Å². The van der Waals surface area contributed by atoms with E-state index in [-0.39, 0.29) is 12.5 Å². The van der Waals surface area contributed by atoms with Crippen molar-refractivity contribution in [3.8, 4) is 0 Å². The van der Waals surface area contributed by atoms with Gasteiger partial charge in [0.15, 0.2) is 0 Å². The predicted octanol–water partition coefficient (Wildman–Crippen LogP) is 4.41. The van der Waals surface area contributed by atoms with Crippen LogP contribution in [-0.4, -0.2) is 35.6 Å². The number of fused-ring (bicyclic) bond motifs is 5. The van der Waals surface area contributed by atoms with Crippen molar-refractivity contribution in [2.24, 2.45) is 40.4 Å². The molecular formula is C23H40O3. The second-order valence-electron chi connectivity index (χ2n) is 10.8. The van der Waals surface area contributed by atoms with Crippen LogP contribution in [0.15, 0.2) is 0 Å².